The standard InChI is InChI=1S/C16H16N4O3/c21-14-5-16(10-20(14)13-6-17-11-18-7-13)2-3-19(9-16)15(22)12-1-4-23-8-12/h1,4,6-8,11H,2-3,5,9-10H2. The van der Waals surface area contributed by atoms with Crippen molar-refractivity contribution in [3.8, 4) is 0 Å². The predicted octanol–water partition coefficient (Wildman–Crippen LogP) is 1.34. The molecule has 7 heteroatoms. The molecule has 4 heterocycles. The van der Waals surface area contributed by atoms with Crippen molar-refractivity contribution in [1.82, 2.24) is 14.9 Å². The highest BCUT2D eigenvalue weighted by Gasteiger charge is 2.49. The SMILES string of the molecule is O=C(c1ccoc1)N1CCC2(CC(=O)N(c3cncnc3)C2)C1. The molecular weight excluding hydrogens is 296 g/mol. The summed E-state index contributed by atoms with van der Waals surface area (Å²) in [5, 5.41) is 0. The van der Waals surface area contributed by atoms with Crippen molar-refractivity contribution in [1.29, 1.82) is 0 Å². The zero-order valence-corrected chi connectivity index (χ0v) is 12.5. The quantitative estimate of drug-likeness (QED) is 0.836. The van der Waals surface area contributed by atoms with Crippen molar-refractivity contribution < 1.29 is 14.0 Å². The van der Waals surface area contributed by atoms with E-state index in [4.69, 9.17) is 4.42 Å². The molecule has 0 aliphatic carbocycles. The third kappa shape index (κ3) is 2.38. The zero-order chi connectivity index (χ0) is 15.9. The molecule has 4 rings (SSSR count). The van der Waals surface area contributed by atoms with Crippen LogP contribution in [-0.2, 0) is 4.79 Å². The van der Waals surface area contributed by atoms with Crippen LogP contribution in [-0.4, -0.2) is 46.3 Å². The summed E-state index contributed by atoms with van der Waals surface area (Å²) in [6.07, 6.45) is 8.97. The molecule has 2 aliphatic heterocycles. The molecule has 2 aliphatic rings. The Balaban J connectivity index is 1.51. The Kier molecular flexibility index (Phi) is 3.14. The lowest BCUT2D eigenvalue weighted by molar-refractivity contribution is -0.117. The molecule has 2 fully saturated rings. The minimum Gasteiger partial charge on any atom is -0.472 e. The summed E-state index contributed by atoms with van der Waals surface area (Å²) in [6.45, 7) is 1.86. The van der Waals surface area contributed by atoms with Crippen LogP contribution in [0, 0.1) is 5.41 Å². The molecule has 2 saturated heterocycles. The normalized spacial score (nSPS) is 23.9. The average molecular weight is 312 g/mol. The first-order chi connectivity index (χ1) is 11.2. The summed E-state index contributed by atoms with van der Waals surface area (Å²) in [7, 11) is 0. The van der Waals surface area contributed by atoms with Crippen molar-refractivity contribution in [2.45, 2.75) is 12.8 Å². The average Bonchev–Trinajstić information content (AvgIpc) is 3.29. The minimum atomic E-state index is -0.174. The van der Waals surface area contributed by atoms with Crippen LogP contribution in [0.25, 0.3) is 0 Å². The van der Waals surface area contributed by atoms with Crippen molar-refractivity contribution in [2.24, 2.45) is 5.41 Å². The summed E-state index contributed by atoms with van der Waals surface area (Å²) >= 11 is 0. The zero-order valence-electron chi connectivity index (χ0n) is 12.5. The van der Waals surface area contributed by atoms with E-state index in [1.165, 1.54) is 18.9 Å². The van der Waals surface area contributed by atoms with E-state index >= 15 is 0 Å². The molecule has 1 atom stereocenters. The third-order valence-corrected chi connectivity index (χ3v) is 4.67. The van der Waals surface area contributed by atoms with Crippen LogP contribution in [0.2, 0.25) is 0 Å². The number of carbonyl (C=O) groups excluding carboxylic acids is 2. The fraction of sp³-hybridized carbons (Fsp3) is 0.375. The van der Waals surface area contributed by atoms with Crippen LogP contribution >= 0.6 is 0 Å². The first kappa shape index (κ1) is 13.9. The second-order valence-electron chi connectivity index (χ2n) is 6.24. The Morgan fingerprint density at radius 1 is 1.26 bits per heavy atom. The van der Waals surface area contributed by atoms with E-state index in [2.05, 4.69) is 9.97 Å². The van der Waals surface area contributed by atoms with Crippen molar-refractivity contribution in [3.05, 3.63) is 42.9 Å². The van der Waals surface area contributed by atoms with E-state index in [0.717, 1.165) is 6.42 Å². The lowest BCUT2D eigenvalue weighted by Gasteiger charge is -2.23. The number of aromatic nitrogens is 2. The topological polar surface area (TPSA) is 79.5 Å². The van der Waals surface area contributed by atoms with Gasteiger partial charge in [-0.2, -0.15) is 0 Å². The van der Waals surface area contributed by atoms with Gasteiger partial charge in [0.15, 0.2) is 0 Å². The number of likely N-dealkylation sites (tertiary alicyclic amines) is 1. The Morgan fingerprint density at radius 3 is 2.83 bits per heavy atom. The Bertz CT molecular complexity index is 731. The monoisotopic (exact) mass is 312 g/mol. The van der Waals surface area contributed by atoms with E-state index in [1.54, 1.807) is 23.4 Å². The number of hydrogen-bond donors (Lipinski definition) is 0. The maximum absolute atomic E-state index is 12.4. The maximum atomic E-state index is 12.4. The van der Waals surface area contributed by atoms with E-state index in [-0.39, 0.29) is 17.2 Å². The van der Waals surface area contributed by atoms with Crippen molar-refractivity contribution in [2.75, 3.05) is 24.5 Å². The van der Waals surface area contributed by atoms with Gasteiger partial charge in [0, 0.05) is 31.5 Å². The number of anilines is 1. The highest BCUT2D eigenvalue weighted by Crippen LogP contribution is 2.41. The number of furan rings is 1. The second kappa shape index (κ2) is 5.19. The van der Waals surface area contributed by atoms with Crippen molar-refractivity contribution in [3.63, 3.8) is 0 Å². The minimum absolute atomic E-state index is 0.0374. The Labute approximate surface area is 132 Å². The summed E-state index contributed by atoms with van der Waals surface area (Å²) in [5.41, 5.74) is 1.10. The van der Waals surface area contributed by atoms with Gasteiger partial charge in [0.25, 0.3) is 5.91 Å². The molecule has 0 N–H and O–H groups in total. The number of rotatable bonds is 2. The van der Waals surface area contributed by atoms with Crippen LogP contribution in [0.5, 0.6) is 0 Å². The van der Waals surface area contributed by atoms with Gasteiger partial charge in [0.1, 0.15) is 12.6 Å². The molecule has 7 nitrogen and oxygen atoms in total. The molecule has 0 radical (unpaired) electrons. The van der Waals surface area contributed by atoms with E-state index in [9.17, 15) is 9.59 Å². The highest BCUT2D eigenvalue weighted by atomic mass is 16.3. The van der Waals surface area contributed by atoms with Crippen LogP contribution in [0.4, 0.5) is 5.69 Å². The second-order valence-corrected chi connectivity index (χ2v) is 6.24. The van der Waals surface area contributed by atoms with Gasteiger partial charge in [-0.05, 0) is 12.5 Å². The van der Waals surface area contributed by atoms with Gasteiger partial charge in [0.05, 0.1) is 29.9 Å². The molecule has 1 unspecified atom stereocenters. The molecular formula is C16H16N4O3. The summed E-state index contributed by atoms with van der Waals surface area (Å²) in [5.74, 6) is 0.0296. The number of nitrogens with zero attached hydrogens (tertiary/aromatic N) is 4. The lowest BCUT2D eigenvalue weighted by Crippen LogP contribution is -2.34. The summed E-state index contributed by atoms with van der Waals surface area (Å²) in [6, 6.07) is 1.67. The summed E-state index contributed by atoms with van der Waals surface area (Å²) in [4.78, 5) is 36.3. The Morgan fingerprint density at radius 2 is 2.09 bits per heavy atom. The van der Waals surface area contributed by atoms with Crippen LogP contribution in [0.3, 0.4) is 0 Å². The highest BCUT2D eigenvalue weighted by molar-refractivity contribution is 5.97. The Hall–Kier alpha value is -2.70. The van der Waals surface area contributed by atoms with Gasteiger partial charge in [-0.1, -0.05) is 0 Å². The predicted molar refractivity (Wildman–Crippen MR) is 80.7 cm³/mol. The largest absolute Gasteiger partial charge is 0.472 e. The van der Waals surface area contributed by atoms with Crippen LogP contribution in [0.15, 0.2) is 41.7 Å². The van der Waals surface area contributed by atoms with Gasteiger partial charge in [-0.3, -0.25) is 9.59 Å². The van der Waals surface area contributed by atoms with E-state index in [0.29, 0.717) is 37.3 Å². The number of carbonyl (C=O) groups is 2. The fourth-order valence-electron chi connectivity index (χ4n) is 3.51. The molecule has 118 valence electrons. The van der Waals surface area contributed by atoms with Gasteiger partial charge in [-0.15, -0.1) is 0 Å². The molecule has 0 aromatic carbocycles. The molecule has 0 saturated carbocycles. The van der Waals surface area contributed by atoms with Crippen LogP contribution in [0.1, 0.15) is 23.2 Å². The lowest BCUT2D eigenvalue weighted by atomic mass is 9.86. The third-order valence-electron chi connectivity index (χ3n) is 4.67. The van der Waals surface area contributed by atoms with Gasteiger partial charge >= 0.3 is 0 Å². The molecule has 2 amide bonds. The molecule has 0 bridgehead atoms. The van der Waals surface area contributed by atoms with E-state index in [1.807, 2.05) is 4.90 Å². The van der Waals surface area contributed by atoms with Gasteiger partial charge in [0.2, 0.25) is 5.91 Å². The maximum Gasteiger partial charge on any atom is 0.257 e. The van der Waals surface area contributed by atoms with Gasteiger partial charge in [-0.25, -0.2) is 9.97 Å². The van der Waals surface area contributed by atoms with Crippen LogP contribution < -0.4 is 4.90 Å². The molecule has 2 aromatic heterocycles. The van der Waals surface area contributed by atoms with Crippen molar-refractivity contribution >= 4 is 17.5 Å². The first-order valence-corrected chi connectivity index (χ1v) is 7.54. The van der Waals surface area contributed by atoms with E-state index < -0.39 is 0 Å². The van der Waals surface area contributed by atoms with Gasteiger partial charge < -0.3 is 14.2 Å². The summed E-state index contributed by atoms with van der Waals surface area (Å²) < 4.78 is 4.98. The number of hydrogen-bond acceptors (Lipinski definition) is 5. The molecule has 1 spiro atoms. The molecule has 2 aromatic rings. The smallest absolute Gasteiger partial charge is 0.257 e. The first-order valence-electron chi connectivity index (χ1n) is 7.54. The molecule has 23 heavy (non-hydrogen) atoms. The fourth-order valence-corrected chi connectivity index (χ4v) is 3.51. The number of amides is 2.